The molecule has 114 valence electrons. The topological polar surface area (TPSA) is 75.5 Å². The average molecular weight is 312 g/mol. The van der Waals surface area contributed by atoms with E-state index >= 15 is 0 Å². The number of Topliss-reactive ketones (excluding diaryl/α,β-unsaturated/α-hetero) is 1. The van der Waals surface area contributed by atoms with Crippen LogP contribution >= 0.6 is 11.6 Å². The number of methoxy groups -OCH3 is 1. The third-order valence-corrected chi connectivity index (χ3v) is 4.68. The van der Waals surface area contributed by atoms with Crippen LogP contribution in [0.4, 0.5) is 5.82 Å². The van der Waals surface area contributed by atoms with Gasteiger partial charge in [0.05, 0.1) is 19.8 Å². The van der Waals surface area contributed by atoms with E-state index in [2.05, 4.69) is 9.97 Å². The maximum Gasteiger partial charge on any atom is 0.319 e. The van der Waals surface area contributed by atoms with Crippen molar-refractivity contribution >= 4 is 23.2 Å². The Kier molecular flexibility index (Phi) is 3.75. The predicted molar refractivity (Wildman–Crippen MR) is 77.7 cm³/mol. The Morgan fingerprint density at radius 3 is 2.90 bits per heavy atom. The molecule has 1 saturated heterocycles. The van der Waals surface area contributed by atoms with Crippen LogP contribution in [0.3, 0.4) is 0 Å². The molecule has 1 aromatic heterocycles. The monoisotopic (exact) mass is 311 g/mol. The van der Waals surface area contributed by atoms with E-state index in [0.29, 0.717) is 29.6 Å². The summed E-state index contributed by atoms with van der Waals surface area (Å²) in [6.07, 6.45) is 3.02. The standard InChI is InChI=1S/C14H18ClN3O3/c1-21-13-16-11(15)4-12(17-13)18-3-2-14(5-9(18)8-19)6-10(20)7-14/h4,9,19H,2-3,5-8H2,1H3. The minimum Gasteiger partial charge on any atom is -0.467 e. The summed E-state index contributed by atoms with van der Waals surface area (Å²) in [5, 5.41) is 10.0. The SMILES string of the molecule is COc1nc(Cl)cc(N2CCC3(CC(=O)C3)CC2CO)n1. The zero-order valence-corrected chi connectivity index (χ0v) is 12.6. The van der Waals surface area contributed by atoms with Gasteiger partial charge in [0.25, 0.3) is 0 Å². The molecular weight excluding hydrogens is 294 g/mol. The molecule has 3 rings (SSSR count). The molecule has 1 spiro atoms. The van der Waals surface area contributed by atoms with Crippen LogP contribution in [0.5, 0.6) is 6.01 Å². The van der Waals surface area contributed by atoms with Crippen LogP contribution in [0.2, 0.25) is 5.15 Å². The Bertz CT molecular complexity index is 558. The van der Waals surface area contributed by atoms with E-state index < -0.39 is 0 Å². The number of hydrogen-bond acceptors (Lipinski definition) is 6. The van der Waals surface area contributed by atoms with Gasteiger partial charge in [-0.05, 0) is 18.3 Å². The molecule has 1 saturated carbocycles. The van der Waals surface area contributed by atoms with Crippen LogP contribution < -0.4 is 9.64 Å². The highest BCUT2D eigenvalue weighted by molar-refractivity contribution is 6.29. The molecule has 2 fully saturated rings. The predicted octanol–water partition coefficient (Wildman–Crippen LogP) is 1.45. The molecular formula is C14H18ClN3O3. The van der Waals surface area contributed by atoms with Crippen molar-refractivity contribution in [3.8, 4) is 6.01 Å². The largest absolute Gasteiger partial charge is 0.467 e. The maximum atomic E-state index is 11.3. The lowest BCUT2D eigenvalue weighted by Crippen LogP contribution is -2.53. The third kappa shape index (κ3) is 2.70. The minimum atomic E-state index is -0.0532. The van der Waals surface area contributed by atoms with Gasteiger partial charge in [-0.2, -0.15) is 9.97 Å². The van der Waals surface area contributed by atoms with Crippen LogP contribution in [0.1, 0.15) is 25.7 Å². The summed E-state index contributed by atoms with van der Waals surface area (Å²) in [5.41, 5.74) is 0.0852. The maximum absolute atomic E-state index is 11.3. The Labute approximate surface area is 128 Å². The molecule has 0 aromatic carbocycles. The van der Waals surface area contributed by atoms with Gasteiger partial charge in [0.15, 0.2) is 0 Å². The Morgan fingerprint density at radius 1 is 1.52 bits per heavy atom. The number of nitrogens with zero attached hydrogens (tertiary/aromatic N) is 3. The number of aliphatic hydroxyl groups excluding tert-OH is 1. The van der Waals surface area contributed by atoms with Crippen LogP contribution in [0, 0.1) is 5.41 Å². The molecule has 7 heteroatoms. The smallest absolute Gasteiger partial charge is 0.319 e. The van der Waals surface area contributed by atoms with Crippen molar-refractivity contribution in [2.75, 3.05) is 25.2 Å². The molecule has 1 aromatic rings. The summed E-state index contributed by atoms with van der Waals surface area (Å²) in [6, 6.07) is 1.84. The number of halogens is 1. The van der Waals surface area contributed by atoms with Gasteiger partial charge in [0.1, 0.15) is 16.8 Å². The number of anilines is 1. The van der Waals surface area contributed by atoms with Gasteiger partial charge in [-0.25, -0.2) is 0 Å². The lowest BCUT2D eigenvalue weighted by Gasteiger charge is -2.50. The second-order valence-corrected chi connectivity index (χ2v) is 6.30. The first-order valence-corrected chi connectivity index (χ1v) is 7.41. The van der Waals surface area contributed by atoms with Crippen LogP contribution in [-0.2, 0) is 4.79 Å². The number of carbonyl (C=O) groups excluding carboxylic acids is 1. The molecule has 0 bridgehead atoms. The summed E-state index contributed by atoms with van der Waals surface area (Å²) in [5.74, 6) is 0.985. The molecule has 1 N–H and O–H groups in total. The zero-order valence-electron chi connectivity index (χ0n) is 11.9. The van der Waals surface area contributed by atoms with E-state index in [-0.39, 0.29) is 24.1 Å². The van der Waals surface area contributed by atoms with Gasteiger partial charge in [-0.3, -0.25) is 4.79 Å². The Balaban J connectivity index is 1.82. The highest BCUT2D eigenvalue weighted by Crippen LogP contribution is 2.49. The minimum absolute atomic E-state index is 0.0277. The van der Waals surface area contributed by atoms with Crippen molar-refractivity contribution in [2.24, 2.45) is 5.41 Å². The van der Waals surface area contributed by atoms with Crippen molar-refractivity contribution in [2.45, 2.75) is 31.7 Å². The second kappa shape index (κ2) is 5.42. The summed E-state index contributed by atoms with van der Waals surface area (Å²) in [7, 11) is 1.49. The Morgan fingerprint density at radius 2 is 2.29 bits per heavy atom. The second-order valence-electron chi connectivity index (χ2n) is 5.91. The van der Waals surface area contributed by atoms with E-state index in [1.54, 1.807) is 6.07 Å². The summed E-state index contributed by atoms with van der Waals surface area (Å²) in [6.45, 7) is 0.773. The molecule has 6 nitrogen and oxygen atoms in total. The molecule has 1 aliphatic heterocycles. The lowest BCUT2D eigenvalue weighted by molar-refractivity contribution is -0.134. The van der Waals surface area contributed by atoms with Gasteiger partial charge in [-0.15, -0.1) is 0 Å². The summed E-state index contributed by atoms with van der Waals surface area (Å²) < 4.78 is 5.04. The first-order valence-electron chi connectivity index (χ1n) is 7.03. The van der Waals surface area contributed by atoms with Crippen LogP contribution in [0.25, 0.3) is 0 Å². The first-order chi connectivity index (χ1) is 10.0. The van der Waals surface area contributed by atoms with E-state index in [9.17, 15) is 9.90 Å². The average Bonchev–Trinajstić information content (AvgIpc) is 2.45. The van der Waals surface area contributed by atoms with E-state index in [1.807, 2.05) is 4.90 Å². The van der Waals surface area contributed by atoms with Crippen molar-refractivity contribution in [1.29, 1.82) is 0 Å². The van der Waals surface area contributed by atoms with Crippen molar-refractivity contribution in [1.82, 2.24) is 9.97 Å². The molecule has 2 heterocycles. The number of ketones is 1. The number of rotatable bonds is 3. The molecule has 1 atom stereocenters. The number of hydrogen-bond donors (Lipinski definition) is 1. The highest BCUT2D eigenvalue weighted by Gasteiger charge is 2.48. The van der Waals surface area contributed by atoms with Gasteiger partial charge in [-0.1, -0.05) is 11.6 Å². The molecule has 2 aliphatic rings. The summed E-state index contributed by atoms with van der Waals surface area (Å²) >= 11 is 5.99. The van der Waals surface area contributed by atoms with Gasteiger partial charge < -0.3 is 14.7 Å². The van der Waals surface area contributed by atoms with Crippen molar-refractivity contribution in [3.63, 3.8) is 0 Å². The van der Waals surface area contributed by atoms with Crippen molar-refractivity contribution < 1.29 is 14.6 Å². The van der Waals surface area contributed by atoms with Gasteiger partial charge in [0.2, 0.25) is 0 Å². The van der Waals surface area contributed by atoms with Gasteiger partial charge >= 0.3 is 6.01 Å². The fourth-order valence-corrected chi connectivity index (χ4v) is 3.62. The van der Waals surface area contributed by atoms with Gasteiger partial charge in [0, 0.05) is 25.5 Å². The molecule has 1 aliphatic carbocycles. The number of carbonyl (C=O) groups is 1. The quantitative estimate of drug-likeness (QED) is 0.852. The van der Waals surface area contributed by atoms with Crippen LogP contribution in [0.15, 0.2) is 6.07 Å². The Hall–Kier alpha value is -1.40. The normalized spacial score (nSPS) is 24.0. The number of piperidine rings is 1. The zero-order chi connectivity index (χ0) is 15.0. The van der Waals surface area contributed by atoms with E-state index in [1.165, 1.54) is 7.11 Å². The van der Waals surface area contributed by atoms with Crippen molar-refractivity contribution in [3.05, 3.63) is 11.2 Å². The molecule has 0 radical (unpaired) electrons. The fraction of sp³-hybridized carbons (Fsp3) is 0.643. The number of aromatic nitrogens is 2. The fourth-order valence-electron chi connectivity index (χ4n) is 3.45. The number of aliphatic hydroxyl groups is 1. The van der Waals surface area contributed by atoms with E-state index in [0.717, 1.165) is 19.4 Å². The molecule has 1 unspecified atom stereocenters. The number of ether oxygens (including phenoxy) is 1. The molecule has 0 amide bonds. The molecule has 21 heavy (non-hydrogen) atoms. The highest BCUT2D eigenvalue weighted by atomic mass is 35.5. The van der Waals surface area contributed by atoms with Crippen LogP contribution in [-0.4, -0.2) is 47.2 Å². The first kappa shape index (κ1) is 14.5. The lowest BCUT2D eigenvalue weighted by atomic mass is 9.61. The third-order valence-electron chi connectivity index (χ3n) is 4.49. The summed E-state index contributed by atoms with van der Waals surface area (Å²) in [4.78, 5) is 21.6. The van der Waals surface area contributed by atoms with E-state index in [4.69, 9.17) is 16.3 Å².